The van der Waals surface area contributed by atoms with E-state index in [4.69, 9.17) is 9.47 Å². The second-order valence-corrected chi connectivity index (χ2v) is 6.37. The number of nitrogens with zero attached hydrogens (tertiary/aromatic N) is 1. The minimum atomic E-state index is -0.905. The molecule has 0 heterocycles. The predicted molar refractivity (Wildman–Crippen MR) is 99.7 cm³/mol. The highest BCUT2D eigenvalue weighted by atomic mass is 16.5. The molecule has 0 spiro atoms. The van der Waals surface area contributed by atoms with E-state index in [1.54, 1.807) is 32.2 Å². The monoisotopic (exact) mass is 346 g/mol. The number of benzene rings is 1. The van der Waals surface area contributed by atoms with Crippen molar-refractivity contribution in [2.45, 2.75) is 64.9 Å². The molecule has 138 valence electrons. The van der Waals surface area contributed by atoms with Crippen LogP contribution in [0.2, 0.25) is 0 Å². The van der Waals surface area contributed by atoms with Crippen molar-refractivity contribution in [1.82, 2.24) is 0 Å². The number of ether oxygens (including phenoxy) is 2. The number of hydrogen-bond acceptors (Lipinski definition) is 4. The highest BCUT2D eigenvalue weighted by Gasteiger charge is 2.32. The molecule has 0 bridgehead atoms. The van der Waals surface area contributed by atoms with Crippen LogP contribution in [0.1, 0.15) is 64.9 Å². The van der Waals surface area contributed by atoms with Gasteiger partial charge in [0.25, 0.3) is 5.91 Å². The quantitative estimate of drug-likeness (QED) is 0.591. The topological polar surface area (TPSA) is 71.3 Å². The molecule has 0 fully saturated rings. The van der Waals surface area contributed by atoms with E-state index < -0.39 is 5.60 Å². The molecule has 0 aliphatic rings. The molecular weight excluding hydrogens is 316 g/mol. The zero-order chi connectivity index (χ0) is 18.7. The van der Waals surface area contributed by atoms with Gasteiger partial charge in [0.2, 0.25) is 0 Å². The molecule has 0 saturated heterocycles. The summed E-state index contributed by atoms with van der Waals surface area (Å²) in [6.45, 7) is 6.61. The van der Waals surface area contributed by atoms with E-state index >= 15 is 0 Å². The number of nitrogens with one attached hydrogen (secondary N) is 1. The third-order valence-electron chi connectivity index (χ3n) is 4.31. The second-order valence-electron chi connectivity index (χ2n) is 6.37. The Morgan fingerprint density at radius 1 is 1.24 bits per heavy atom. The summed E-state index contributed by atoms with van der Waals surface area (Å²) < 4.78 is 11.1. The third-order valence-corrected chi connectivity index (χ3v) is 4.31. The minimum Gasteiger partial charge on any atom is -0.494 e. The van der Waals surface area contributed by atoms with E-state index in [-0.39, 0.29) is 5.91 Å². The number of carbonyl (C=O) groups excluding carboxylic acids is 1. The van der Waals surface area contributed by atoms with Crippen LogP contribution in [0.25, 0.3) is 0 Å². The fourth-order valence-corrected chi connectivity index (χ4v) is 2.42. The lowest BCUT2D eigenvalue weighted by Gasteiger charge is -2.27. The Labute approximate surface area is 151 Å². The zero-order valence-electron chi connectivity index (χ0n) is 15.9. The molecule has 1 N–H and O–H groups in total. The second kappa shape index (κ2) is 10.7. The zero-order valence-corrected chi connectivity index (χ0v) is 15.9. The van der Waals surface area contributed by atoms with Crippen LogP contribution in [0.5, 0.6) is 5.75 Å². The first-order chi connectivity index (χ1) is 12.0. The van der Waals surface area contributed by atoms with E-state index in [1.165, 1.54) is 0 Å². The van der Waals surface area contributed by atoms with Crippen LogP contribution in [0.3, 0.4) is 0 Å². The Morgan fingerprint density at radius 2 is 1.96 bits per heavy atom. The van der Waals surface area contributed by atoms with E-state index in [0.717, 1.165) is 32.1 Å². The lowest BCUT2D eigenvalue weighted by molar-refractivity contribution is -0.136. The van der Waals surface area contributed by atoms with Gasteiger partial charge in [0.05, 0.1) is 17.9 Å². The van der Waals surface area contributed by atoms with Gasteiger partial charge in [-0.25, -0.2) is 0 Å². The Kier molecular flexibility index (Phi) is 9.01. The molecule has 0 aliphatic carbocycles. The fraction of sp³-hybridized carbons (Fsp3) is 0.600. The van der Waals surface area contributed by atoms with Crippen molar-refractivity contribution >= 4 is 11.6 Å². The molecule has 1 amide bonds. The third kappa shape index (κ3) is 6.39. The van der Waals surface area contributed by atoms with Crippen LogP contribution in [0.4, 0.5) is 5.69 Å². The molecule has 25 heavy (non-hydrogen) atoms. The maximum atomic E-state index is 12.6. The van der Waals surface area contributed by atoms with Crippen LogP contribution in [-0.4, -0.2) is 25.2 Å². The van der Waals surface area contributed by atoms with E-state index in [0.29, 0.717) is 30.0 Å². The Morgan fingerprint density at radius 3 is 2.56 bits per heavy atom. The summed E-state index contributed by atoms with van der Waals surface area (Å²) in [6.07, 6.45) is 5.71. The van der Waals surface area contributed by atoms with Gasteiger partial charge < -0.3 is 14.8 Å². The van der Waals surface area contributed by atoms with Gasteiger partial charge in [-0.2, -0.15) is 5.26 Å². The molecule has 1 rings (SSSR count). The van der Waals surface area contributed by atoms with Crippen LogP contribution < -0.4 is 10.1 Å². The van der Waals surface area contributed by atoms with E-state index in [2.05, 4.69) is 25.2 Å². The minimum absolute atomic E-state index is 0.234. The first kappa shape index (κ1) is 21.0. The number of nitriles is 1. The van der Waals surface area contributed by atoms with Gasteiger partial charge in [0.15, 0.2) is 0 Å². The van der Waals surface area contributed by atoms with Gasteiger partial charge in [-0.15, -0.1) is 0 Å². The van der Waals surface area contributed by atoms with Gasteiger partial charge in [-0.3, -0.25) is 4.79 Å². The number of amides is 1. The summed E-state index contributed by atoms with van der Waals surface area (Å²) in [5, 5.41) is 12.2. The van der Waals surface area contributed by atoms with Crippen molar-refractivity contribution in [3.63, 3.8) is 0 Å². The molecule has 1 atom stereocenters. The average molecular weight is 346 g/mol. The van der Waals surface area contributed by atoms with Gasteiger partial charge in [-0.05, 0) is 38.0 Å². The van der Waals surface area contributed by atoms with Crippen LogP contribution in [0.15, 0.2) is 18.2 Å². The molecule has 5 nitrogen and oxygen atoms in total. The predicted octanol–water partition coefficient (Wildman–Crippen LogP) is 4.66. The number of carbonyl (C=O) groups is 1. The van der Waals surface area contributed by atoms with Crippen molar-refractivity contribution in [1.29, 1.82) is 5.26 Å². The first-order valence-corrected chi connectivity index (χ1v) is 9.04. The summed E-state index contributed by atoms with van der Waals surface area (Å²) >= 11 is 0. The molecule has 1 unspecified atom stereocenters. The summed E-state index contributed by atoms with van der Waals surface area (Å²) in [5.74, 6) is 0.405. The van der Waals surface area contributed by atoms with Crippen molar-refractivity contribution in [3.05, 3.63) is 23.8 Å². The SMILES string of the molecule is CCCCCC(C)(OC)C(=O)Nc1ccc(OCCCC)cc1C#N. The van der Waals surface area contributed by atoms with E-state index in [1.807, 2.05) is 0 Å². The molecule has 0 saturated carbocycles. The van der Waals surface area contributed by atoms with Crippen molar-refractivity contribution < 1.29 is 14.3 Å². The van der Waals surface area contributed by atoms with Crippen LogP contribution in [0, 0.1) is 11.3 Å². The molecule has 1 aromatic carbocycles. The van der Waals surface area contributed by atoms with Crippen molar-refractivity contribution in [3.8, 4) is 11.8 Å². The standard InChI is InChI=1S/C20H30N2O3/c1-5-7-9-12-20(3,24-4)19(23)22-18-11-10-17(14-16(18)15-21)25-13-8-6-2/h10-11,14H,5-9,12-13H2,1-4H3,(H,22,23). The highest BCUT2D eigenvalue weighted by molar-refractivity contribution is 5.98. The smallest absolute Gasteiger partial charge is 0.256 e. The molecule has 5 heteroatoms. The Bertz CT molecular complexity index is 595. The number of unbranched alkanes of at least 4 members (excludes halogenated alkanes) is 3. The lowest BCUT2D eigenvalue weighted by Crippen LogP contribution is -2.42. The molecule has 0 aromatic heterocycles. The van der Waals surface area contributed by atoms with Gasteiger partial charge in [-0.1, -0.05) is 39.5 Å². The summed E-state index contributed by atoms with van der Waals surface area (Å²) in [6, 6.07) is 7.26. The summed E-state index contributed by atoms with van der Waals surface area (Å²) in [4.78, 5) is 12.6. The Hall–Kier alpha value is -2.06. The van der Waals surface area contributed by atoms with Gasteiger partial charge >= 0.3 is 0 Å². The van der Waals surface area contributed by atoms with Crippen molar-refractivity contribution in [2.24, 2.45) is 0 Å². The summed E-state index contributed by atoms with van der Waals surface area (Å²) in [5.41, 5.74) is -0.0402. The number of hydrogen-bond donors (Lipinski definition) is 1. The molecule has 0 aliphatic heterocycles. The first-order valence-electron chi connectivity index (χ1n) is 9.04. The Balaban J connectivity index is 2.82. The molecule has 1 aromatic rings. The van der Waals surface area contributed by atoms with Gasteiger partial charge in [0.1, 0.15) is 17.4 Å². The highest BCUT2D eigenvalue weighted by Crippen LogP contribution is 2.25. The maximum Gasteiger partial charge on any atom is 0.256 e. The van der Waals surface area contributed by atoms with Crippen LogP contribution in [-0.2, 0) is 9.53 Å². The molecule has 0 radical (unpaired) electrons. The van der Waals surface area contributed by atoms with Gasteiger partial charge in [0, 0.05) is 7.11 Å². The van der Waals surface area contributed by atoms with Crippen LogP contribution >= 0.6 is 0 Å². The number of methoxy groups -OCH3 is 1. The normalized spacial score (nSPS) is 12.9. The lowest BCUT2D eigenvalue weighted by atomic mass is 9.96. The average Bonchev–Trinajstić information content (AvgIpc) is 2.62. The van der Waals surface area contributed by atoms with Crippen molar-refractivity contribution in [2.75, 3.05) is 19.0 Å². The summed E-state index contributed by atoms with van der Waals surface area (Å²) in [7, 11) is 1.54. The fourth-order valence-electron chi connectivity index (χ4n) is 2.42. The maximum absolute atomic E-state index is 12.6. The van der Waals surface area contributed by atoms with E-state index in [9.17, 15) is 10.1 Å². The molecular formula is C20H30N2O3. The number of anilines is 1. The largest absolute Gasteiger partial charge is 0.494 e. The number of rotatable bonds is 11.